The van der Waals surface area contributed by atoms with Gasteiger partial charge < -0.3 is 9.47 Å². The van der Waals surface area contributed by atoms with E-state index in [1.807, 2.05) is 14.0 Å². The zero-order valence-corrected chi connectivity index (χ0v) is 12.2. The first-order chi connectivity index (χ1) is 9.16. The molecule has 0 aliphatic heterocycles. The van der Waals surface area contributed by atoms with Gasteiger partial charge in [-0.1, -0.05) is 0 Å². The Morgan fingerprint density at radius 1 is 1.21 bits per heavy atom. The molecule has 4 rings (SSSR count). The van der Waals surface area contributed by atoms with Crippen molar-refractivity contribution >= 4 is 5.97 Å². The molecule has 0 aromatic heterocycles. The van der Waals surface area contributed by atoms with Crippen molar-refractivity contribution in [3.63, 3.8) is 0 Å². The number of ether oxygens (including phenoxy) is 2. The fourth-order valence-corrected chi connectivity index (χ4v) is 5.39. The van der Waals surface area contributed by atoms with E-state index in [1.165, 1.54) is 32.1 Å². The minimum atomic E-state index is -0.0393. The molecule has 3 atom stereocenters. The lowest BCUT2D eigenvalue weighted by Crippen LogP contribution is -2.58. The third-order valence-corrected chi connectivity index (χ3v) is 5.82. The van der Waals surface area contributed by atoms with Crippen LogP contribution in [0.3, 0.4) is 0 Å². The molecule has 4 fully saturated rings. The second-order valence-corrected chi connectivity index (χ2v) is 6.83. The smallest absolute Gasteiger partial charge is 0.305 e. The molecule has 0 aromatic rings. The van der Waals surface area contributed by atoms with Gasteiger partial charge in [-0.05, 0) is 69.1 Å². The molecule has 3 heteroatoms. The molecule has 3 unspecified atom stereocenters. The Bertz CT molecular complexity index is 338. The van der Waals surface area contributed by atoms with Crippen LogP contribution in [0, 0.1) is 23.7 Å². The Labute approximate surface area is 116 Å². The van der Waals surface area contributed by atoms with Crippen LogP contribution in [0.2, 0.25) is 0 Å². The van der Waals surface area contributed by atoms with Crippen LogP contribution < -0.4 is 0 Å². The van der Waals surface area contributed by atoms with Crippen LogP contribution >= 0.6 is 0 Å². The summed E-state index contributed by atoms with van der Waals surface area (Å²) in [4.78, 5) is 11.6. The molecule has 0 saturated heterocycles. The fourth-order valence-electron chi connectivity index (χ4n) is 5.39. The number of carbonyl (C=O) groups is 1. The average Bonchev–Trinajstić information content (AvgIpc) is 2.37. The Kier molecular flexibility index (Phi) is 3.59. The SMILES string of the molecule is CCOC(=O)CCC1C2CC3CC(C2)CC1(OC)C3. The van der Waals surface area contributed by atoms with Gasteiger partial charge in [0.25, 0.3) is 0 Å². The van der Waals surface area contributed by atoms with Gasteiger partial charge in [0.1, 0.15) is 0 Å². The van der Waals surface area contributed by atoms with E-state index in [2.05, 4.69) is 0 Å². The van der Waals surface area contributed by atoms with E-state index in [4.69, 9.17) is 9.47 Å². The first-order valence-corrected chi connectivity index (χ1v) is 7.87. The highest BCUT2D eigenvalue weighted by molar-refractivity contribution is 5.69. The topological polar surface area (TPSA) is 35.5 Å². The maximum absolute atomic E-state index is 11.6. The minimum Gasteiger partial charge on any atom is -0.466 e. The molecule has 0 N–H and O–H groups in total. The lowest BCUT2D eigenvalue weighted by Gasteiger charge is -2.60. The van der Waals surface area contributed by atoms with E-state index < -0.39 is 0 Å². The summed E-state index contributed by atoms with van der Waals surface area (Å²) in [5, 5.41) is 0. The first kappa shape index (κ1) is 13.4. The Hall–Kier alpha value is -0.570. The minimum absolute atomic E-state index is 0.0393. The zero-order chi connectivity index (χ0) is 13.5. The summed E-state index contributed by atoms with van der Waals surface area (Å²) in [7, 11) is 1.88. The van der Waals surface area contributed by atoms with Crippen LogP contribution in [0.4, 0.5) is 0 Å². The summed E-state index contributed by atoms with van der Waals surface area (Å²) in [6.07, 6.45) is 8.14. The van der Waals surface area contributed by atoms with Gasteiger partial charge in [-0.25, -0.2) is 0 Å². The number of carbonyl (C=O) groups excluding carboxylic acids is 1. The summed E-state index contributed by atoms with van der Waals surface area (Å²) in [5.74, 6) is 3.10. The molecule has 0 amide bonds. The van der Waals surface area contributed by atoms with Gasteiger partial charge >= 0.3 is 5.97 Å². The molecule has 0 aromatic carbocycles. The third kappa shape index (κ3) is 2.31. The molecule has 4 aliphatic rings. The van der Waals surface area contributed by atoms with Gasteiger partial charge in [0.15, 0.2) is 0 Å². The lowest BCUT2D eigenvalue weighted by atomic mass is 9.49. The van der Waals surface area contributed by atoms with Gasteiger partial charge in [-0.15, -0.1) is 0 Å². The van der Waals surface area contributed by atoms with E-state index >= 15 is 0 Å². The molecule has 4 bridgehead atoms. The van der Waals surface area contributed by atoms with Gasteiger partial charge in [0.05, 0.1) is 12.2 Å². The molecule has 108 valence electrons. The Morgan fingerprint density at radius 2 is 1.89 bits per heavy atom. The normalized spacial score (nSPS) is 43.5. The van der Waals surface area contributed by atoms with E-state index in [0.29, 0.717) is 18.9 Å². The highest BCUT2D eigenvalue weighted by Gasteiger charge is 2.57. The number of hydrogen-bond donors (Lipinski definition) is 0. The monoisotopic (exact) mass is 266 g/mol. The zero-order valence-electron chi connectivity index (χ0n) is 12.2. The van der Waals surface area contributed by atoms with E-state index in [-0.39, 0.29) is 11.6 Å². The molecule has 0 heterocycles. The second kappa shape index (κ2) is 5.08. The summed E-state index contributed by atoms with van der Waals surface area (Å²) >= 11 is 0. The van der Waals surface area contributed by atoms with Crippen LogP contribution in [0.5, 0.6) is 0 Å². The standard InChI is InChI=1S/C16H26O3/c1-3-19-15(17)5-4-14-13-7-11-6-12(8-13)10-16(14,9-11)18-2/h11-14H,3-10H2,1-2H3. The van der Waals surface area contributed by atoms with Gasteiger partial charge in [0.2, 0.25) is 0 Å². The maximum Gasteiger partial charge on any atom is 0.305 e. The van der Waals surface area contributed by atoms with Gasteiger partial charge in [0, 0.05) is 13.5 Å². The maximum atomic E-state index is 11.6. The molecule has 19 heavy (non-hydrogen) atoms. The number of hydrogen-bond acceptors (Lipinski definition) is 3. The van der Waals surface area contributed by atoms with Crippen molar-refractivity contribution in [1.82, 2.24) is 0 Å². The Balaban J connectivity index is 1.68. The van der Waals surface area contributed by atoms with Crippen molar-refractivity contribution in [2.45, 2.75) is 57.5 Å². The highest BCUT2D eigenvalue weighted by Crippen LogP contribution is 2.60. The van der Waals surface area contributed by atoms with Crippen LogP contribution in [-0.4, -0.2) is 25.3 Å². The molecule has 4 saturated carbocycles. The van der Waals surface area contributed by atoms with E-state index in [1.54, 1.807) is 0 Å². The van der Waals surface area contributed by atoms with Crippen molar-refractivity contribution in [1.29, 1.82) is 0 Å². The highest BCUT2D eigenvalue weighted by atomic mass is 16.5. The summed E-state index contributed by atoms with van der Waals surface area (Å²) < 4.78 is 11.1. The van der Waals surface area contributed by atoms with E-state index in [9.17, 15) is 4.79 Å². The summed E-state index contributed by atoms with van der Waals surface area (Å²) in [5.41, 5.74) is 0.0846. The first-order valence-electron chi connectivity index (χ1n) is 7.87. The molecule has 0 spiro atoms. The predicted molar refractivity (Wildman–Crippen MR) is 72.7 cm³/mol. The molecule has 0 radical (unpaired) electrons. The summed E-state index contributed by atoms with van der Waals surface area (Å²) in [6.45, 7) is 2.36. The number of esters is 1. The molecular weight excluding hydrogens is 240 g/mol. The summed E-state index contributed by atoms with van der Waals surface area (Å²) in [6, 6.07) is 0. The number of methoxy groups -OCH3 is 1. The lowest BCUT2D eigenvalue weighted by molar-refractivity contribution is -0.191. The molecular formula is C16H26O3. The van der Waals surface area contributed by atoms with Crippen molar-refractivity contribution in [2.75, 3.05) is 13.7 Å². The van der Waals surface area contributed by atoms with Crippen LogP contribution in [0.15, 0.2) is 0 Å². The number of rotatable bonds is 5. The van der Waals surface area contributed by atoms with Gasteiger partial charge in [-0.3, -0.25) is 4.79 Å². The van der Waals surface area contributed by atoms with Crippen LogP contribution in [0.1, 0.15) is 51.9 Å². The Morgan fingerprint density at radius 3 is 2.47 bits per heavy atom. The predicted octanol–water partition coefficient (Wildman–Crippen LogP) is 3.17. The molecule has 3 nitrogen and oxygen atoms in total. The molecule has 4 aliphatic carbocycles. The van der Waals surface area contributed by atoms with E-state index in [0.717, 1.165) is 24.2 Å². The average molecular weight is 266 g/mol. The fraction of sp³-hybridized carbons (Fsp3) is 0.938. The third-order valence-electron chi connectivity index (χ3n) is 5.82. The van der Waals surface area contributed by atoms with Crippen LogP contribution in [-0.2, 0) is 14.3 Å². The van der Waals surface area contributed by atoms with Crippen molar-refractivity contribution < 1.29 is 14.3 Å². The quantitative estimate of drug-likeness (QED) is 0.717. The van der Waals surface area contributed by atoms with Crippen molar-refractivity contribution in [2.24, 2.45) is 23.7 Å². The van der Waals surface area contributed by atoms with Crippen LogP contribution in [0.25, 0.3) is 0 Å². The van der Waals surface area contributed by atoms with Crippen molar-refractivity contribution in [3.05, 3.63) is 0 Å². The second-order valence-electron chi connectivity index (χ2n) is 6.83. The van der Waals surface area contributed by atoms with Gasteiger partial charge in [-0.2, -0.15) is 0 Å². The van der Waals surface area contributed by atoms with Crippen molar-refractivity contribution in [3.8, 4) is 0 Å². The largest absolute Gasteiger partial charge is 0.466 e.